The van der Waals surface area contributed by atoms with Crippen LogP contribution in [0.2, 0.25) is 0 Å². The number of hydrogen-bond donors (Lipinski definition) is 1. The molecule has 212 valence electrons. The van der Waals surface area contributed by atoms with Crippen LogP contribution in [0.3, 0.4) is 0 Å². The molecule has 2 N–H and O–H groups in total. The van der Waals surface area contributed by atoms with Crippen molar-refractivity contribution >= 4 is 49.3 Å². The molecule has 3 nitrogen and oxygen atoms in total. The highest BCUT2D eigenvalue weighted by Gasteiger charge is 2.15. The number of hydrogen-bond acceptors (Lipinski definition) is 1. The van der Waals surface area contributed by atoms with Gasteiger partial charge in [-0.1, -0.05) is 109 Å². The third kappa shape index (κ3) is 3.91. The Bertz CT molecular complexity index is 2420. The molecule has 0 atom stereocenters. The molecule has 2 aromatic heterocycles. The van der Waals surface area contributed by atoms with E-state index in [4.69, 9.17) is 5.73 Å². The topological polar surface area (TPSA) is 35.9 Å². The molecule has 0 spiro atoms. The third-order valence-corrected chi connectivity index (χ3v) is 9.11. The summed E-state index contributed by atoms with van der Waals surface area (Å²) in [6, 6.07) is 58.3. The molecule has 7 aromatic carbocycles. The maximum Gasteiger partial charge on any atom is 0.0541 e. The average molecular weight is 576 g/mol. The van der Waals surface area contributed by atoms with E-state index < -0.39 is 0 Å². The first-order valence-electron chi connectivity index (χ1n) is 15.3. The lowest BCUT2D eigenvalue weighted by Crippen LogP contribution is -1.97. The monoisotopic (exact) mass is 575 g/mol. The summed E-state index contributed by atoms with van der Waals surface area (Å²) in [5.41, 5.74) is 18.9. The lowest BCUT2D eigenvalue weighted by Gasteiger charge is -2.15. The van der Waals surface area contributed by atoms with Gasteiger partial charge in [0.05, 0.1) is 22.1 Å². The molecule has 45 heavy (non-hydrogen) atoms. The molecule has 0 radical (unpaired) electrons. The van der Waals surface area contributed by atoms with Gasteiger partial charge in [-0.3, -0.25) is 0 Å². The van der Waals surface area contributed by atoms with Gasteiger partial charge in [-0.25, -0.2) is 0 Å². The molecule has 0 unspecified atom stereocenters. The molecular formula is C42H29N3. The van der Waals surface area contributed by atoms with E-state index in [0.717, 1.165) is 39.3 Å². The Hall–Kier alpha value is -6.06. The highest BCUT2D eigenvalue weighted by Crippen LogP contribution is 2.39. The van der Waals surface area contributed by atoms with Crippen LogP contribution in [0.5, 0.6) is 0 Å². The van der Waals surface area contributed by atoms with E-state index in [0.29, 0.717) is 0 Å². The second-order valence-corrected chi connectivity index (χ2v) is 11.6. The van der Waals surface area contributed by atoms with Gasteiger partial charge in [0.2, 0.25) is 0 Å². The standard InChI is InChI=1S/C42H29N3/c43-37-15-9-14-32(28-20-24-30(25-21-28)44-38-16-5-1-10-33(38)34-11-2-6-17-39(34)44)42(37)29-22-26-31(27-23-29)45-40-18-7-3-12-35(40)36-13-4-8-19-41(36)45/h1-27H,43H2. The summed E-state index contributed by atoms with van der Waals surface area (Å²) >= 11 is 0. The number of nitrogens with two attached hydrogens (primary N) is 1. The van der Waals surface area contributed by atoms with Crippen molar-refractivity contribution < 1.29 is 0 Å². The minimum atomic E-state index is 0.767. The van der Waals surface area contributed by atoms with Gasteiger partial charge < -0.3 is 14.9 Å². The fraction of sp³-hybridized carbons (Fsp3) is 0. The van der Waals surface area contributed by atoms with Crippen LogP contribution in [0, 0.1) is 0 Å². The minimum absolute atomic E-state index is 0.767. The molecule has 0 amide bonds. The molecule has 0 saturated carbocycles. The summed E-state index contributed by atoms with van der Waals surface area (Å²) in [6.45, 7) is 0. The Morgan fingerprint density at radius 3 is 1.13 bits per heavy atom. The second-order valence-electron chi connectivity index (χ2n) is 11.6. The zero-order valence-electron chi connectivity index (χ0n) is 24.6. The largest absolute Gasteiger partial charge is 0.398 e. The number of nitrogen functional groups attached to an aromatic ring is 1. The zero-order chi connectivity index (χ0) is 29.9. The van der Waals surface area contributed by atoms with E-state index in [1.807, 2.05) is 12.1 Å². The number of aromatic nitrogens is 2. The summed E-state index contributed by atoms with van der Waals surface area (Å²) < 4.78 is 4.69. The highest BCUT2D eigenvalue weighted by molar-refractivity contribution is 6.10. The fourth-order valence-corrected chi connectivity index (χ4v) is 7.10. The molecular weight excluding hydrogens is 546 g/mol. The third-order valence-electron chi connectivity index (χ3n) is 9.11. The number of nitrogens with zero attached hydrogens (tertiary/aromatic N) is 2. The summed E-state index contributed by atoms with van der Waals surface area (Å²) in [5, 5.41) is 5.05. The molecule has 0 bridgehead atoms. The predicted octanol–water partition coefficient (Wildman–Crippen LogP) is 10.8. The summed E-state index contributed by atoms with van der Waals surface area (Å²) in [4.78, 5) is 0. The van der Waals surface area contributed by atoms with Crippen molar-refractivity contribution in [2.24, 2.45) is 0 Å². The summed E-state index contributed by atoms with van der Waals surface area (Å²) in [7, 11) is 0. The number of fused-ring (bicyclic) bond motifs is 6. The maximum atomic E-state index is 6.69. The van der Waals surface area contributed by atoms with Crippen molar-refractivity contribution in [1.29, 1.82) is 0 Å². The van der Waals surface area contributed by atoms with Crippen molar-refractivity contribution in [3.63, 3.8) is 0 Å². The summed E-state index contributed by atoms with van der Waals surface area (Å²) in [5.74, 6) is 0. The van der Waals surface area contributed by atoms with E-state index in [1.165, 1.54) is 43.6 Å². The van der Waals surface area contributed by atoms with Crippen molar-refractivity contribution in [1.82, 2.24) is 9.13 Å². The lowest BCUT2D eigenvalue weighted by molar-refractivity contribution is 1.18. The number of benzene rings is 7. The van der Waals surface area contributed by atoms with Crippen molar-refractivity contribution in [2.45, 2.75) is 0 Å². The number of para-hydroxylation sites is 4. The number of rotatable bonds is 4. The van der Waals surface area contributed by atoms with Crippen LogP contribution in [-0.4, -0.2) is 9.13 Å². The van der Waals surface area contributed by atoms with Crippen molar-refractivity contribution in [2.75, 3.05) is 5.73 Å². The van der Waals surface area contributed by atoms with Crippen LogP contribution in [0.25, 0.3) is 77.2 Å². The van der Waals surface area contributed by atoms with Crippen LogP contribution in [0.1, 0.15) is 0 Å². The Labute approximate surface area is 261 Å². The van der Waals surface area contributed by atoms with Gasteiger partial charge in [-0.2, -0.15) is 0 Å². The van der Waals surface area contributed by atoms with Gasteiger partial charge in [-0.15, -0.1) is 0 Å². The Morgan fingerprint density at radius 1 is 0.333 bits per heavy atom. The molecule has 9 rings (SSSR count). The predicted molar refractivity (Wildman–Crippen MR) is 190 cm³/mol. The fourth-order valence-electron chi connectivity index (χ4n) is 7.10. The van der Waals surface area contributed by atoms with E-state index >= 15 is 0 Å². The first-order chi connectivity index (χ1) is 22.3. The minimum Gasteiger partial charge on any atom is -0.398 e. The van der Waals surface area contributed by atoms with Crippen LogP contribution >= 0.6 is 0 Å². The normalized spacial score (nSPS) is 11.6. The molecule has 0 aliphatic rings. The molecule has 0 fully saturated rings. The van der Waals surface area contributed by atoms with Gasteiger partial charge in [-0.05, 0) is 71.3 Å². The molecule has 0 aliphatic carbocycles. The Balaban J connectivity index is 1.13. The van der Waals surface area contributed by atoms with Gasteiger partial charge >= 0.3 is 0 Å². The summed E-state index contributed by atoms with van der Waals surface area (Å²) in [6.07, 6.45) is 0. The van der Waals surface area contributed by atoms with Crippen molar-refractivity contribution in [3.8, 4) is 33.6 Å². The Kier molecular flexibility index (Phi) is 5.66. The smallest absolute Gasteiger partial charge is 0.0541 e. The molecule has 3 heteroatoms. The maximum absolute atomic E-state index is 6.69. The quantitative estimate of drug-likeness (QED) is 0.208. The van der Waals surface area contributed by atoms with E-state index in [9.17, 15) is 0 Å². The van der Waals surface area contributed by atoms with Gasteiger partial charge in [0.1, 0.15) is 0 Å². The van der Waals surface area contributed by atoms with E-state index in [-0.39, 0.29) is 0 Å². The second kappa shape index (κ2) is 10.0. The zero-order valence-corrected chi connectivity index (χ0v) is 24.6. The molecule has 0 saturated heterocycles. The van der Waals surface area contributed by atoms with Crippen LogP contribution < -0.4 is 5.73 Å². The van der Waals surface area contributed by atoms with Gasteiger partial charge in [0.25, 0.3) is 0 Å². The average Bonchev–Trinajstić information content (AvgIpc) is 3.62. The molecule has 2 heterocycles. The first kappa shape index (κ1) is 25.4. The van der Waals surface area contributed by atoms with Gasteiger partial charge in [0, 0.05) is 44.2 Å². The van der Waals surface area contributed by atoms with Crippen LogP contribution in [0.15, 0.2) is 164 Å². The van der Waals surface area contributed by atoms with Crippen LogP contribution in [0.4, 0.5) is 5.69 Å². The first-order valence-corrected chi connectivity index (χ1v) is 15.3. The van der Waals surface area contributed by atoms with Crippen molar-refractivity contribution in [3.05, 3.63) is 164 Å². The SMILES string of the molecule is Nc1cccc(-c2ccc(-n3c4ccccc4c4ccccc43)cc2)c1-c1ccc(-n2c3ccccc3c3ccccc32)cc1. The highest BCUT2D eigenvalue weighted by atomic mass is 15.0. The molecule has 0 aliphatic heterocycles. The van der Waals surface area contributed by atoms with E-state index in [1.54, 1.807) is 0 Å². The Morgan fingerprint density at radius 2 is 0.711 bits per heavy atom. The molecule has 9 aromatic rings. The lowest BCUT2D eigenvalue weighted by atomic mass is 9.93. The number of anilines is 1. The van der Waals surface area contributed by atoms with Crippen LogP contribution in [-0.2, 0) is 0 Å². The van der Waals surface area contributed by atoms with E-state index in [2.05, 4.69) is 161 Å². The van der Waals surface area contributed by atoms with Gasteiger partial charge in [0.15, 0.2) is 0 Å².